The van der Waals surface area contributed by atoms with Crippen molar-refractivity contribution in [2.45, 2.75) is 25.4 Å². The number of likely N-dealkylation sites (tertiary alicyclic amines) is 1. The van der Waals surface area contributed by atoms with Crippen LogP contribution in [0.15, 0.2) is 12.4 Å². The third-order valence-electron chi connectivity index (χ3n) is 3.66. The van der Waals surface area contributed by atoms with E-state index in [4.69, 9.17) is 5.11 Å². The van der Waals surface area contributed by atoms with E-state index in [0.717, 1.165) is 25.9 Å². The Kier molecular flexibility index (Phi) is 4.79. The summed E-state index contributed by atoms with van der Waals surface area (Å²) < 4.78 is 1.27. The molecule has 1 saturated heterocycles. The Morgan fingerprint density at radius 1 is 1.43 bits per heavy atom. The highest BCUT2D eigenvalue weighted by atomic mass is 16.4. The molecule has 0 aromatic carbocycles. The number of rotatable bonds is 4. The Morgan fingerprint density at radius 2 is 2.10 bits per heavy atom. The van der Waals surface area contributed by atoms with Gasteiger partial charge in [0.2, 0.25) is 0 Å². The van der Waals surface area contributed by atoms with Crippen molar-refractivity contribution in [2.75, 3.05) is 32.5 Å². The van der Waals surface area contributed by atoms with E-state index in [9.17, 15) is 9.59 Å². The molecule has 2 heterocycles. The largest absolute Gasteiger partial charge is 0.480 e. The zero-order valence-corrected chi connectivity index (χ0v) is 12.3. The molecule has 1 aromatic heterocycles. The number of amides is 2. The summed E-state index contributed by atoms with van der Waals surface area (Å²) in [6.07, 6.45) is 4.88. The number of aliphatic carboxylic acids is 1. The first-order valence-electron chi connectivity index (χ1n) is 6.92. The Balaban J connectivity index is 1.84. The highest BCUT2D eigenvalue weighted by Crippen LogP contribution is 2.15. The van der Waals surface area contributed by atoms with E-state index in [0.29, 0.717) is 11.7 Å². The first-order valence-corrected chi connectivity index (χ1v) is 6.92. The summed E-state index contributed by atoms with van der Waals surface area (Å²) in [5.74, 6) is -0.971. The van der Waals surface area contributed by atoms with Gasteiger partial charge in [-0.2, -0.15) is 5.10 Å². The van der Waals surface area contributed by atoms with Crippen molar-refractivity contribution in [1.82, 2.24) is 19.6 Å². The van der Waals surface area contributed by atoms with Crippen molar-refractivity contribution in [2.24, 2.45) is 0 Å². The normalized spacial score (nSPS) is 16.2. The number of nitrogens with zero attached hydrogens (tertiary/aromatic N) is 4. The second kappa shape index (κ2) is 6.57. The molecule has 2 rings (SSSR count). The van der Waals surface area contributed by atoms with Crippen LogP contribution in [-0.4, -0.2) is 69.9 Å². The molecule has 1 aromatic rings. The third-order valence-corrected chi connectivity index (χ3v) is 3.66. The number of anilines is 1. The molecule has 2 N–H and O–H groups in total. The lowest BCUT2D eigenvalue weighted by atomic mass is 10.0. The molecule has 21 heavy (non-hydrogen) atoms. The summed E-state index contributed by atoms with van der Waals surface area (Å²) in [5, 5.41) is 15.3. The highest BCUT2D eigenvalue weighted by molar-refractivity contribution is 5.89. The predicted octanol–water partition coefficient (Wildman–Crippen LogP) is 0.526. The van der Waals surface area contributed by atoms with Gasteiger partial charge in [0.05, 0.1) is 11.9 Å². The van der Waals surface area contributed by atoms with Gasteiger partial charge in [-0.05, 0) is 26.9 Å². The van der Waals surface area contributed by atoms with Crippen molar-refractivity contribution in [3.63, 3.8) is 0 Å². The van der Waals surface area contributed by atoms with Crippen molar-refractivity contribution < 1.29 is 14.7 Å². The maximum atomic E-state index is 12.1. The molecule has 1 aliphatic heterocycles. The van der Waals surface area contributed by atoms with E-state index in [1.54, 1.807) is 4.90 Å². The van der Waals surface area contributed by atoms with E-state index in [-0.39, 0.29) is 12.6 Å². The molecule has 0 radical (unpaired) electrons. The summed E-state index contributed by atoms with van der Waals surface area (Å²) in [4.78, 5) is 26.7. The van der Waals surface area contributed by atoms with E-state index in [2.05, 4.69) is 29.4 Å². The number of nitrogens with one attached hydrogen (secondary N) is 1. The Hall–Kier alpha value is -2.09. The molecule has 8 nitrogen and oxygen atoms in total. The van der Waals surface area contributed by atoms with E-state index in [1.807, 2.05) is 0 Å². The van der Waals surface area contributed by atoms with Gasteiger partial charge >= 0.3 is 12.0 Å². The van der Waals surface area contributed by atoms with E-state index < -0.39 is 5.97 Å². The Morgan fingerprint density at radius 3 is 2.67 bits per heavy atom. The van der Waals surface area contributed by atoms with Crippen LogP contribution in [0.3, 0.4) is 0 Å². The highest BCUT2D eigenvalue weighted by Gasteiger charge is 2.24. The van der Waals surface area contributed by atoms with Crippen molar-refractivity contribution in [1.29, 1.82) is 0 Å². The number of aromatic nitrogens is 2. The number of hydrogen-bond donors (Lipinski definition) is 2. The number of carboxylic acids is 1. The first-order chi connectivity index (χ1) is 9.95. The monoisotopic (exact) mass is 295 g/mol. The van der Waals surface area contributed by atoms with E-state index >= 15 is 0 Å². The number of carbonyl (C=O) groups excluding carboxylic acids is 1. The molecule has 1 aliphatic rings. The van der Waals surface area contributed by atoms with Crippen molar-refractivity contribution in [3.05, 3.63) is 12.4 Å². The van der Waals surface area contributed by atoms with Gasteiger partial charge in [0.15, 0.2) is 0 Å². The van der Waals surface area contributed by atoms with Crippen LogP contribution in [0.5, 0.6) is 0 Å². The minimum Gasteiger partial charge on any atom is -0.480 e. The fraction of sp³-hybridized carbons (Fsp3) is 0.615. The quantitative estimate of drug-likeness (QED) is 0.845. The number of hydrogen-bond acceptors (Lipinski definition) is 4. The van der Waals surface area contributed by atoms with Crippen LogP contribution in [0.25, 0.3) is 0 Å². The Labute approximate surface area is 123 Å². The summed E-state index contributed by atoms with van der Waals surface area (Å²) in [6.45, 7) is 1.22. The average molecular weight is 295 g/mol. The molecule has 0 aliphatic carbocycles. The van der Waals surface area contributed by atoms with Gasteiger partial charge < -0.3 is 20.2 Å². The topological polar surface area (TPSA) is 90.7 Å². The fourth-order valence-corrected chi connectivity index (χ4v) is 2.44. The lowest BCUT2D eigenvalue weighted by Gasteiger charge is -2.35. The molecular weight excluding hydrogens is 274 g/mol. The van der Waals surface area contributed by atoms with Crippen LogP contribution in [0.2, 0.25) is 0 Å². The standard InChI is InChI=1S/C13H21N5O3/c1-16(2)11-3-5-17(6-4-11)13(21)15-10-7-14-18(8-10)9-12(19)20/h7-8,11H,3-6,9H2,1-2H3,(H,15,21)(H,19,20). The van der Waals surface area contributed by atoms with Crippen LogP contribution in [0.1, 0.15) is 12.8 Å². The number of urea groups is 1. The third kappa shape index (κ3) is 4.19. The van der Waals surface area contributed by atoms with Gasteiger partial charge in [0, 0.05) is 25.3 Å². The predicted molar refractivity (Wildman–Crippen MR) is 77.2 cm³/mol. The molecule has 0 bridgehead atoms. The zero-order valence-electron chi connectivity index (χ0n) is 12.3. The molecule has 8 heteroatoms. The summed E-state index contributed by atoms with van der Waals surface area (Å²) in [7, 11) is 4.11. The summed E-state index contributed by atoms with van der Waals surface area (Å²) >= 11 is 0. The zero-order chi connectivity index (χ0) is 15.4. The maximum Gasteiger partial charge on any atom is 0.325 e. The Bertz CT molecular complexity index is 506. The molecule has 0 unspecified atom stereocenters. The molecular formula is C13H21N5O3. The van der Waals surface area contributed by atoms with Crippen LogP contribution in [0.4, 0.5) is 10.5 Å². The van der Waals surface area contributed by atoms with Crippen LogP contribution >= 0.6 is 0 Å². The van der Waals surface area contributed by atoms with Gasteiger partial charge in [0.25, 0.3) is 0 Å². The van der Waals surface area contributed by atoms with Crippen LogP contribution in [-0.2, 0) is 11.3 Å². The molecule has 0 spiro atoms. The molecule has 0 atom stereocenters. The SMILES string of the molecule is CN(C)C1CCN(C(=O)Nc2cnn(CC(=O)O)c2)CC1. The van der Waals surface area contributed by atoms with Crippen LogP contribution in [0, 0.1) is 0 Å². The summed E-state index contributed by atoms with van der Waals surface area (Å²) in [5.41, 5.74) is 0.510. The second-order valence-electron chi connectivity index (χ2n) is 5.43. The number of piperidine rings is 1. The molecule has 0 saturated carbocycles. The molecule has 2 amide bonds. The van der Waals surface area contributed by atoms with E-state index in [1.165, 1.54) is 17.1 Å². The number of carbonyl (C=O) groups is 2. The van der Waals surface area contributed by atoms with Gasteiger partial charge in [-0.1, -0.05) is 0 Å². The van der Waals surface area contributed by atoms with Crippen LogP contribution < -0.4 is 5.32 Å². The number of carboxylic acid groups (broad SMARTS) is 1. The van der Waals surface area contributed by atoms with Crippen molar-refractivity contribution in [3.8, 4) is 0 Å². The van der Waals surface area contributed by atoms with Gasteiger partial charge in [-0.15, -0.1) is 0 Å². The minimum absolute atomic E-state index is 0.165. The molecule has 116 valence electrons. The van der Waals surface area contributed by atoms with Gasteiger partial charge in [0.1, 0.15) is 6.54 Å². The lowest BCUT2D eigenvalue weighted by molar-refractivity contribution is -0.137. The second-order valence-corrected chi connectivity index (χ2v) is 5.43. The van der Waals surface area contributed by atoms with Gasteiger partial charge in [-0.25, -0.2) is 4.79 Å². The van der Waals surface area contributed by atoms with Gasteiger partial charge in [-0.3, -0.25) is 9.48 Å². The lowest BCUT2D eigenvalue weighted by Crippen LogP contribution is -2.45. The first kappa shape index (κ1) is 15.3. The van der Waals surface area contributed by atoms with Crippen molar-refractivity contribution >= 4 is 17.7 Å². The minimum atomic E-state index is -0.971. The average Bonchev–Trinajstić information content (AvgIpc) is 2.85. The molecule has 1 fully saturated rings. The maximum absolute atomic E-state index is 12.1. The fourth-order valence-electron chi connectivity index (χ4n) is 2.44. The summed E-state index contributed by atoms with van der Waals surface area (Å²) in [6, 6.07) is 0.356. The smallest absolute Gasteiger partial charge is 0.325 e.